The highest BCUT2D eigenvalue weighted by Crippen LogP contribution is 2.34. The first kappa shape index (κ1) is 10.8. The van der Waals surface area contributed by atoms with Gasteiger partial charge in [-0.1, -0.05) is 12.1 Å². The monoisotopic (exact) mass is 244 g/mol. The molecule has 1 aromatic carbocycles. The first-order valence-electron chi connectivity index (χ1n) is 5.79. The molecule has 0 spiro atoms. The summed E-state index contributed by atoms with van der Waals surface area (Å²) in [4.78, 5) is 23.1. The number of furan rings is 1. The third kappa shape index (κ3) is 1.73. The quantitative estimate of drug-likeness (QED) is 0.864. The molecule has 3 N–H and O–H groups in total. The Labute approximate surface area is 103 Å². The molecule has 1 aromatic heterocycles. The van der Waals surface area contributed by atoms with Gasteiger partial charge in [-0.15, -0.1) is 0 Å². The predicted octanol–water partition coefficient (Wildman–Crippen LogP) is 1.88. The van der Waals surface area contributed by atoms with E-state index in [2.05, 4.69) is 5.32 Å². The number of anilines is 1. The van der Waals surface area contributed by atoms with Crippen molar-refractivity contribution >= 4 is 28.5 Å². The number of carbonyl (C=O) groups excluding carboxylic acids is 2. The second kappa shape index (κ2) is 3.87. The summed E-state index contributed by atoms with van der Waals surface area (Å²) in [5.74, 6) is -0.703. The highest BCUT2D eigenvalue weighted by atomic mass is 16.3. The van der Waals surface area contributed by atoms with Crippen LogP contribution in [0.15, 0.2) is 28.7 Å². The standard InChI is InChI=1S/C13H12N2O3/c14-12(16)11-10(15-13(17)7-5-6-7)8-3-1-2-4-9(8)18-11/h1-4,7H,5-6H2,(H2,14,16)(H,15,17). The van der Waals surface area contributed by atoms with E-state index in [9.17, 15) is 9.59 Å². The summed E-state index contributed by atoms with van der Waals surface area (Å²) in [5.41, 5.74) is 6.19. The second-order valence-corrected chi connectivity index (χ2v) is 4.43. The highest BCUT2D eigenvalue weighted by molar-refractivity contribution is 6.10. The number of fused-ring (bicyclic) bond motifs is 1. The van der Waals surface area contributed by atoms with Gasteiger partial charge in [0, 0.05) is 11.3 Å². The van der Waals surface area contributed by atoms with E-state index >= 15 is 0 Å². The number of benzene rings is 1. The van der Waals surface area contributed by atoms with Gasteiger partial charge in [0.25, 0.3) is 5.91 Å². The number of carbonyl (C=O) groups is 2. The van der Waals surface area contributed by atoms with Gasteiger partial charge in [-0.3, -0.25) is 9.59 Å². The van der Waals surface area contributed by atoms with Gasteiger partial charge in [0.15, 0.2) is 0 Å². The van der Waals surface area contributed by atoms with Gasteiger partial charge in [0.05, 0.1) is 0 Å². The molecule has 0 radical (unpaired) electrons. The molecular formula is C13H12N2O3. The van der Waals surface area contributed by atoms with Crippen molar-refractivity contribution < 1.29 is 14.0 Å². The van der Waals surface area contributed by atoms with Crippen LogP contribution in [0, 0.1) is 5.92 Å². The van der Waals surface area contributed by atoms with Crippen LogP contribution in [0.3, 0.4) is 0 Å². The largest absolute Gasteiger partial charge is 0.449 e. The number of nitrogens with one attached hydrogen (secondary N) is 1. The summed E-state index contributed by atoms with van der Waals surface area (Å²) >= 11 is 0. The Morgan fingerprint density at radius 3 is 2.67 bits per heavy atom. The van der Waals surface area contributed by atoms with Gasteiger partial charge in [0.1, 0.15) is 11.3 Å². The van der Waals surface area contributed by atoms with Crippen LogP contribution in [0.5, 0.6) is 0 Å². The van der Waals surface area contributed by atoms with Crippen molar-refractivity contribution in [1.82, 2.24) is 0 Å². The number of hydrogen-bond acceptors (Lipinski definition) is 3. The zero-order valence-electron chi connectivity index (χ0n) is 9.60. The number of hydrogen-bond donors (Lipinski definition) is 2. The number of amides is 2. The molecule has 1 saturated carbocycles. The Kier molecular flexibility index (Phi) is 2.33. The van der Waals surface area contributed by atoms with E-state index in [0.29, 0.717) is 16.7 Å². The zero-order chi connectivity index (χ0) is 12.7. The van der Waals surface area contributed by atoms with E-state index in [1.807, 2.05) is 6.07 Å². The maximum atomic E-state index is 11.8. The van der Waals surface area contributed by atoms with E-state index < -0.39 is 5.91 Å². The molecule has 5 heteroatoms. The van der Waals surface area contributed by atoms with Crippen LogP contribution in [-0.4, -0.2) is 11.8 Å². The molecule has 1 heterocycles. The van der Waals surface area contributed by atoms with E-state index in [1.54, 1.807) is 18.2 Å². The van der Waals surface area contributed by atoms with Crippen molar-refractivity contribution in [2.24, 2.45) is 11.7 Å². The van der Waals surface area contributed by atoms with Gasteiger partial charge in [-0.05, 0) is 25.0 Å². The molecule has 3 rings (SSSR count). The summed E-state index contributed by atoms with van der Waals surface area (Å²) in [6, 6.07) is 7.13. The van der Waals surface area contributed by atoms with Crippen molar-refractivity contribution in [2.75, 3.05) is 5.32 Å². The third-order valence-electron chi connectivity index (χ3n) is 3.02. The topological polar surface area (TPSA) is 85.3 Å². The van der Waals surface area contributed by atoms with E-state index in [0.717, 1.165) is 12.8 Å². The Morgan fingerprint density at radius 2 is 2.00 bits per heavy atom. The molecule has 0 unspecified atom stereocenters. The van der Waals surface area contributed by atoms with Gasteiger partial charge in [-0.25, -0.2) is 0 Å². The normalized spacial score (nSPS) is 14.7. The lowest BCUT2D eigenvalue weighted by Crippen LogP contribution is -2.17. The summed E-state index contributed by atoms with van der Waals surface area (Å²) in [7, 11) is 0. The maximum Gasteiger partial charge on any atom is 0.286 e. The van der Waals surface area contributed by atoms with Crippen LogP contribution in [-0.2, 0) is 4.79 Å². The predicted molar refractivity (Wildman–Crippen MR) is 66.1 cm³/mol. The number of rotatable bonds is 3. The lowest BCUT2D eigenvalue weighted by molar-refractivity contribution is -0.117. The first-order chi connectivity index (χ1) is 8.66. The highest BCUT2D eigenvalue weighted by Gasteiger charge is 2.31. The first-order valence-corrected chi connectivity index (χ1v) is 5.79. The minimum absolute atomic E-state index is 0.00481. The Hall–Kier alpha value is -2.30. The molecule has 0 bridgehead atoms. The molecule has 1 aliphatic rings. The summed E-state index contributed by atoms with van der Waals surface area (Å²) in [6.45, 7) is 0. The van der Waals surface area contributed by atoms with Crippen molar-refractivity contribution in [3.8, 4) is 0 Å². The Morgan fingerprint density at radius 1 is 1.28 bits per heavy atom. The minimum Gasteiger partial charge on any atom is -0.449 e. The van der Waals surface area contributed by atoms with Crippen LogP contribution < -0.4 is 11.1 Å². The van der Waals surface area contributed by atoms with E-state index in [1.165, 1.54) is 0 Å². The summed E-state index contributed by atoms with van der Waals surface area (Å²) in [6.07, 6.45) is 1.79. The van der Waals surface area contributed by atoms with Crippen molar-refractivity contribution in [3.63, 3.8) is 0 Å². The minimum atomic E-state index is -0.683. The molecule has 0 saturated heterocycles. The van der Waals surface area contributed by atoms with Crippen LogP contribution in [0.2, 0.25) is 0 Å². The molecule has 2 amide bonds. The molecule has 0 atom stereocenters. The molecule has 1 aliphatic carbocycles. The summed E-state index contributed by atoms with van der Waals surface area (Å²) in [5, 5.41) is 3.44. The van der Waals surface area contributed by atoms with Crippen LogP contribution in [0.1, 0.15) is 23.4 Å². The fraction of sp³-hybridized carbons (Fsp3) is 0.231. The van der Waals surface area contributed by atoms with Crippen LogP contribution in [0.4, 0.5) is 5.69 Å². The average Bonchev–Trinajstić information content (AvgIpc) is 3.13. The molecule has 1 fully saturated rings. The zero-order valence-corrected chi connectivity index (χ0v) is 9.60. The van der Waals surface area contributed by atoms with Gasteiger partial charge in [-0.2, -0.15) is 0 Å². The lowest BCUT2D eigenvalue weighted by atomic mass is 10.2. The molecule has 92 valence electrons. The van der Waals surface area contributed by atoms with Crippen molar-refractivity contribution in [1.29, 1.82) is 0 Å². The fourth-order valence-electron chi connectivity index (χ4n) is 1.91. The molecule has 18 heavy (non-hydrogen) atoms. The number of nitrogens with two attached hydrogens (primary N) is 1. The molecule has 0 aliphatic heterocycles. The second-order valence-electron chi connectivity index (χ2n) is 4.43. The van der Waals surface area contributed by atoms with Crippen molar-refractivity contribution in [2.45, 2.75) is 12.8 Å². The SMILES string of the molecule is NC(=O)c1oc2ccccc2c1NC(=O)C1CC1. The average molecular weight is 244 g/mol. The van der Waals surface area contributed by atoms with Crippen molar-refractivity contribution in [3.05, 3.63) is 30.0 Å². The molecule has 2 aromatic rings. The van der Waals surface area contributed by atoms with E-state index in [-0.39, 0.29) is 17.6 Å². The Bertz CT molecular complexity index is 641. The third-order valence-corrected chi connectivity index (χ3v) is 3.02. The van der Waals surface area contributed by atoms with Crippen LogP contribution in [0.25, 0.3) is 11.0 Å². The maximum absolute atomic E-state index is 11.8. The smallest absolute Gasteiger partial charge is 0.286 e. The Balaban J connectivity index is 2.08. The summed E-state index contributed by atoms with van der Waals surface area (Å²) < 4.78 is 5.37. The lowest BCUT2D eigenvalue weighted by Gasteiger charge is -2.03. The molecule has 5 nitrogen and oxygen atoms in total. The van der Waals surface area contributed by atoms with Gasteiger partial charge >= 0.3 is 0 Å². The van der Waals surface area contributed by atoms with Gasteiger partial charge in [0.2, 0.25) is 11.7 Å². The number of para-hydroxylation sites is 1. The number of primary amides is 1. The molecular weight excluding hydrogens is 232 g/mol. The van der Waals surface area contributed by atoms with E-state index in [4.69, 9.17) is 10.2 Å². The fourth-order valence-corrected chi connectivity index (χ4v) is 1.91. The van der Waals surface area contributed by atoms with Crippen LogP contribution >= 0.6 is 0 Å². The van der Waals surface area contributed by atoms with Gasteiger partial charge < -0.3 is 15.5 Å².